The minimum absolute atomic E-state index is 0.0853. The van der Waals surface area contributed by atoms with Gasteiger partial charge in [0.1, 0.15) is 18.8 Å². The molecule has 1 heterocycles. The molecule has 0 aromatic heterocycles. The summed E-state index contributed by atoms with van der Waals surface area (Å²) in [5.41, 5.74) is 0.830. The zero-order valence-electron chi connectivity index (χ0n) is 17.7. The Bertz CT molecular complexity index is 783. The van der Waals surface area contributed by atoms with E-state index in [-0.39, 0.29) is 24.9 Å². The molecule has 0 aliphatic carbocycles. The Morgan fingerprint density at radius 3 is 2.58 bits per heavy atom. The molecule has 0 radical (unpaired) electrons. The number of alkyl carbamates (subject to hydrolysis) is 1. The van der Waals surface area contributed by atoms with Gasteiger partial charge < -0.3 is 26.0 Å². The number of amides is 4. The van der Waals surface area contributed by atoms with E-state index in [1.165, 1.54) is 0 Å². The van der Waals surface area contributed by atoms with Crippen LogP contribution in [0, 0.1) is 5.92 Å². The molecule has 1 saturated heterocycles. The molecule has 168 valence electrons. The summed E-state index contributed by atoms with van der Waals surface area (Å²) in [5.74, 6) is -1.36. The summed E-state index contributed by atoms with van der Waals surface area (Å²) in [6.45, 7) is 5.94. The molecule has 4 amide bonds. The van der Waals surface area contributed by atoms with Crippen molar-refractivity contribution in [2.75, 3.05) is 6.54 Å². The lowest BCUT2D eigenvalue weighted by Crippen LogP contribution is -2.55. The number of rotatable bonds is 11. The maximum Gasteiger partial charge on any atom is 0.408 e. The van der Waals surface area contributed by atoms with Crippen LogP contribution in [0.4, 0.5) is 4.79 Å². The SMILES string of the molecule is C=CC(=O)N[C@H](C[C@@H]1CCNC1=O)NC(=O)[C@H](CCC)NC(=O)OCc1ccccc1. The quantitative estimate of drug-likeness (QED) is 0.311. The molecular formula is C22H30N4O5. The van der Waals surface area contributed by atoms with E-state index in [1.54, 1.807) is 0 Å². The van der Waals surface area contributed by atoms with Crippen LogP contribution in [0.25, 0.3) is 0 Å². The molecule has 0 spiro atoms. The smallest absolute Gasteiger partial charge is 0.408 e. The number of carbonyl (C=O) groups is 4. The number of ether oxygens (including phenoxy) is 1. The van der Waals surface area contributed by atoms with Gasteiger partial charge in [-0.25, -0.2) is 4.79 Å². The molecule has 1 fully saturated rings. The van der Waals surface area contributed by atoms with Crippen molar-refractivity contribution in [3.63, 3.8) is 0 Å². The van der Waals surface area contributed by atoms with E-state index in [2.05, 4.69) is 27.8 Å². The summed E-state index contributed by atoms with van der Waals surface area (Å²) in [4.78, 5) is 48.7. The number of carbonyl (C=O) groups excluding carboxylic acids is 4. The fraction of sp³-hybridized carbons (Fsp3) is 0.455. The number of benzene rings is 1. The van der Waals surface area contributed by atoms with Gasteiger partial charge in [0.25, 0.3) is 0 Å². The van der Waals surface area contributed by atoms with E-state index in [9.17, 15) is 19.2 Å². The lowest BCUT2D eigenvalue weighted by molar-refractivity contribution is -0.127. The van der Waals surface area contributed by atoms with Crippen molar-refractivity contribution < 1.29 is 23.9 Å². The van der Waals surface area contributed by atoms with Gasteiger partial charge in [-0.15, -0.1) is 0 Å². The zero-order chi connectivity index (χ0) is 22.6. The Hall–Kier alpha value is -3.36. The second-order valence-electron chi connectivity index (χ2n) is 7.33. The van der Waals surface area contributed by atoms with Crippen molar-refractivity contribution in [3.8, 4) is 0 Å². The molecule has 1 aromatic carbocycles. The van der Waals surface area contributed by atoms with Gasteiger partial charge in [-0.2, -0.15) is 0 Å². The highest BCUT2D eigenvalue weighted by Crippen LogP contribution is 2.15. The van der Waals surface area contributed by atoms with E-state index in [1.807, 2.05) is 37.3 Å². The summed E-state index contributed by atoms with van der Waals surface area (Å²) >= 11 is 0. The fourth-order valence-electron chi connectivity index (χ4n) is 3.28. The van der Waals surface area contributed by atoms with Crippen LogP contribution in [0.5, 0.6) is 0 Å². The molecule has 3 atom stereocenters. The van der Waals surface area contributed by atoms with E-state index in [0.717, 1.165) is 11.6 Å². The molecule has 0 saturated carbocycles. The lowest BCUT2D eigenvalue weighted by Gasteiger charge is -2.25. The van der Waals surface area contributed by atoms with Crippen LogP contribution >= 0.6 is 0 Å². The van der Waals surface area contributed by atoms with Gasteiger partial charge in [-0.3, -0.25) is 14.4 Å². The Labute approximate surface area is 182 Å². The van der Waals surface area contributed by atoms with Crippen molar-refractivity contribution in [2.45, 2.75) is 51.4 Å². The Kier molecular flexibility index (Phi) is 9.54. The van der Waals surface area contributed by atoms with Crippen LogP contribution in [0.2, 0.25) is 0 Å². The molecule has 4 N–H and O–H groups in total. The van der Waals surface area contributed by atoms with E-state index in [0.29, 0.717) is 25.8 Å². The molecular weight excluding hydrogens is 400 g/mol. The first-order valence-corrected chi connectivity index (χ1v) is 10.4. The maximum atomic E-state index is 12.8. The monoisotopic (exact) mass is 430 g/mol. The van der Waals surface area contributed by atoms with Crippen molar-refractivity contribution >= 4 is 23.8 Å². The van der Waals surface area contributed by atoms with Crippen LogP contribution in [0.3, 0.4) is 0 Å². The normalized spacial score (nSPS) is 17.1. The minimum atomic E-state index is -0.839. The summed E-state index contributed by atoms with van der Waals surface area (Å²) in [7, 11) is 0. The minimum Gasteiger partial charge on any atom is -0.445 e. The Balaban J connectivity index is 1.95. The first-order chi connectivity index (χ1) is 14.9. The molecule has 0 unspecified atom stereocenters. The van der Waals surface area contributed by atoms with Gasteiger partial charge >= 0.3 is 6.09 Å². The Morgan fingerprint density at radius 2 is 1.97 bits per heavy atom. The zero-order valence-corrected chi connectivity index (χ0v) is 17.7. The highest BCUT2D eigenvalue weighted by atomic mass is 16.5. The second kappa shape index (κ2) is 12.4. The van der Waals surface area contributed by atoms with E-state index in [4.69, 9.17) is 4.74 Å². The third kappa shape index (κ3) is 8.12. The summed E-state index contributed by atoms with van der Waals surface area (Å²) in [6.07, 6.45) is 1.51. The molecule has 2 rings (SSSR count). The largest absolute Gasteiger partial charge is 0.445 e. The average Bonchev–Trinajstić information content (AvgIpc) is 3.16. The highest BCUT2D eigenvalue weighted by molar-refractivity contribution is 5.89. The molecule has 1 aliphatic heterocycles. The van der Waals surface area contributed by atoms with Gasteiger partial charge in [0.2, 0.25) is 17.7 Å². The van der Waals surface area contributed by atoms with Gasteiger partial charge in [-0.1, -0.05) is 50.3 Å². The van der Waals surface area contributed by atoms with Crippen LogP contribution in [-0.4, -0.2) is 42.6 Å². The molecule has 1 aromatic rings. The third-order valence-electron chi connectivity index (χ3n) is 4.90. The Morgan fingerprint density at radius 1 is 1.23 bits per heavy atom. The highest BCUT2D eigenvalue weighted by Gasteiger charge is 2.30. The number of hydrogen-bond acceptors (Lipinski definition) is 5. The number of hydrogen-bond donors (Lipinski definition) is 4. The van der Waals surface area contributed by atoms with Crippen molar-refractivity contribution in [2.24, 2.45) is 5.92 Å². The average molecular weight is 431 g/mol. The molecule has 31 heavy (non-hydrogen) atoms. The molecule has 9 heteroatoms. The first kappa shape index (κ1) is 23.9. The van der Waals surface area contributed by atoms with Gasteiger partial charge in [0.05, 0.1) is 0 Å². The molecule has 0 bridgehead atoms. The summed E-state index contributed by atoms with van der Waals surface area (Å²) < 4.78 is 5.20. The second-order valence-corrected chi connectivity index (χ2v) is 7.33. The summed E-state index contributed by atoms with van der Waals surface area (Å²) in [5, 5.41) is 10.7. The third-order valence-corrected chi connectivity index (χ3v) is 4.90. The predicted molar refractivity (Wildman–Crippen MR) is 114 cm³/mol. The van der Waals surface area contributed by atoms with Crippen LogP contribution < -0.4 is 21.3 Å². The maximum absolute atomic E-state index is 12.8. The van der Waals surface area contributed by atoms with Crippen molar-refractivity contribution in [3.05, 3.63) is 48.6 Å². The first-order valence-electron chi connectivity index (χ1n) is 10.4. The standard InChI is InChI=1S/C22H30N4O5/c1-3-8-17(24-22(30)31-14-15-9-6-5-7-10-15)21(29)26-18(25-19(27)4-2)13-16-11-12-23-20(16)28/h4-7,9-10,16-18H,2-3,8,11-14H2,1H3,(H,23,28)(H,24,30)(H,25,27)(H,26,29)/t16-,17-,18-/m0/s1. The van der Waals surface area contributed by atoms with E-state index >= 15 is 0 Å². The van der Waals surface area contributed by atoms with Crippen LogP contribution in [-0.2, 0) is 25.7 Å². The lowest BCUT2D eigenvalue weighted by atomic mass is 10.0. The summed E-state index contributed by atoms with van der Waals surface area (Å²) in [6, 6.07) is 8.36. The van der Waals surface area contributed by atoms with Crippen molar-refractivity contribution in [1.82, 2.24) is 21.3 Å². The number of nitrogens with one attached hydrogen (secondary N) is 4. The fourth-order valence-corrected chi connectivity index (χ4v) is 3.28. The van der Waals surface area contributed by atoms with E-state index < -0.39 is 30.1 Å². The van der Waals surface area contributed by atoms with Crippen LogP contribution in [0.1, 0.15) is 38.2 Å². The van der Waals surface area contributed by atoms with Crippen LogP contribution in [0.15, 0.2) is 43.0 Å². The van der Waals surface area contributed by atoms with Gasteiger partial charge in [0.15, 0.2) is 0 Å². The topological polar surface area (TPSA) is 126 Å². The van der Waals surface area contributed by atoms with Gasteiger partial charge in [-0.05, 0) is 30.9 Å². The van der Waals surface area contributed by atoms with Crippen molar-refractivity contribution in [1.29, 1.82) is 0 Å². The molecule has 1 aliphatic rings. The predicted octanol–water partition coefficient (Wildman–Crippen LogP) is 1.35. The van der Waals surface area contributed by atoms with Gasteiger partial charge in [0, 0.05) is 12.5 Å². The molecule has 9 nitrogen and oxygen atoms in total.